The van der Waals surface area contributed by atoms with Gasteiger partial charge in [-0.15, -0.1) is 0 Å². The number of carbonyl (C=O) groups excluding carboxylic acids is 1. The smallest absolute Gasteiger partial charge is 0.326 e. The summed E-state index contributed by atoms with van der Waals surface area (Å²) in [6.07, 6.45) is 5.63. The Kier molecular flexibility index (Phi) is 7.25. The standard InChI is InChI=1S/C21H30N2O3/c1-4-5-12-23-14-16(17-8-6-7-9-19(17)23)13-18(21(25)26)22-20(24)11-10-15(2)3/h6-9,14-15,18H,4-5,10-13H2,1-3H3,(H,22,24)(H,25,26). The molecule has 0 bridgehead atoms. The second-order valence-corrected chi connectivity index (χ2v) is 7.31. The minimum atomic E-state index is -0.992. The highest BCUT2D eigenvalue weighted by Gasteiger charge is 2.22. The summed E-state index contributed by atoms with van der Waals surface area (Å²) >= 11 is 0. The van der Waals surface area contributed by atoms with Gasteiger partial charge < -0.3 is 15.0 Å². The fourth-order valence-corrected chi connectivity index (χ4v) is 3.11. The van der Waals surface area contributed by atoms with E-state index in [0.29, 0.717) is 18.8 Å². The van der Waals surface area contributed by atoms with E-state index in [2.05, 4.69) is 22.9 Å². The van der Waals surface area contributed by atoms with E-state index in [4.69, 9.17) is 0 Å². The highest BCUT2D eigenvalue weighted by molar-refractivity contribution is 5.87. The second-order valence-electron chi connectivity index (χ2n) is 7.31. The molecule has 0 aliphatic heterocycles. The number of para-hydroxylation sites is 1. The maximum atomic E-state index is 12.1. The number of benzene rings is 1. The topological polar surface area (TPSA) is 71.3 Å². The van der Waals surface area contributed by atoms with Gasteiger partial charge >= 0.3 is 5.97 Å². The first-order valence-electron chi connectivity index (χ1n) is 9.51. The van der Waals surface area contributed by atoms with E-state index >= 15 is 0 Å². The van der Waals surface area contributed by atoms with Crippen molar-refractivity contribution in [3.05, 3.63) is 36.0 Å². The van der Waals surface area contributed by atoms with E-state index in [1.54, 1.807) is 0 Å². The fraction of sp³-hybridized carbons (Fsp3) is 0.524. The van der Waals surface area contributed by atoms with Crippen LogP contribution >= 0.6 is 0 Å². The number of nitrogens with one attached hydrogen (secondary N) is 1. The molecular formula is C21H30N2O3. The third-order valence-corrected chi connectivity index (χ3v) is 4.63. The largest absolute Gasteiger partial charge is 0.480 e. The van der Waals surface area contributed by atoms with E-state index < -0.39 is 12.0 Å². The zero-order chi connectivity index (χ0) is 19.1. The van der Waals surface area contributed by atoms with Gasteiger partial charge in [-0.3, -0.25) is 4.79 Å². The molecule has 1 amide bonds. The zero-order valence-corrected chi connectivity index (χ0v) is 16.0. The summed E-state index contributed by atoms with van der Waals surface area (Å²) in [6.45, 7) is 7.16. The molecule has 5 nitrogen and oxygen atoms in total. The fourth-order valence-electron chi connectivity index (χ4n) is 3.11. The minimum absolute atomic E-state index is 0.194. The number of hydrogen-bond donors (Lipinski definition) is 2. The van der Waals surface area contributed by atoms with Crippen LogP contribution < -0.4 is 5.32 Å². The summed E-state index contributed by atoms with van der Waals surface area (Å²) in [5, 5.41) is 13.3. The zero-order valence-electron chi connectivity index (χ0n) is 16.0. The molecule has 142 valence electrons. The van der Waals surface area contributed by atoms with Gasteiger partial charge in [-0.25, -0.2) is 4.79 Å². The molecule has 0 spiro atoms. The van der Waals surface area contributed by atoms with Gasteiger partial charge in [0.1, 0.15) is 6.04 Å². The van der Waals surface area contributed by atoms with Crippen LogP contribution in [0.15, 0.2) is 30.5 Å². The normalized spacial score (nSPS) is 12.5. The molecule has 0 saturated heterocycles. The van der Waals surface area contributed by atoms with E-state index in [9.17, 15) is 14.7 Å². The van der Waals surface area contributed by atoms with Crippen molar-refractivity contribution in [2.24, 2.45) is 5.92 Å². The number of amides is 1. The number of nitrogens with zero attached hydrogens (tertiary/aromatic N) is 1. The van der Waals surface area contributed by atoms with Crippen LogP contribution in [-0.4, -0.2) is 27.6 Å². The number of carboxylic acid groups (broad SMARTS) is 1. The highest BCUT2D eigenvalue weighted by atomic mass is 16.4. The van der Waals surface area contributed by atoms with Gasteiger partial charge in [-0.1, -0.05) is 45.4 Å². The first-order valence-corrected chi connectivity index (χ1v) is 9.51. The van der Waals surface area contributed by atoms with E-state index in [-0.39, 0.29) is 5.91 Å². The third-order valence-electron chi connectivity index (χ3n) is 4.63. The molecule has 1 unspecified atom stereocenters. The van der Waals surface area contributed by atoms with Crippen LogP contribution in [0.2, 0.25) is 0 Å². The Morgan fingerprint density at radius 3 is 2.62 bits per heavy atom. The van der Waals surface area contributed by atoms with Gasteiger partial charge in [-0.2, -0.15) is 0 Å². The van der Waals surface area contributed by atoms with Crippen molar-refractivity contribution in [3.8, 4) is 0 Å². The van der Waals surface area contributed by atoms with Crippen LogP contribution in [0, 0.1) is 5.92 Å². The monoisotopic (exact) mass is 358 g/mol. The second kappa shape index (κ2) is 9.41. The summed E-state index contributed by atoms with van der Waals surface area (Å²) < 4.78 is 2.19. The maximum absolute atomic E-state index is 12.1. The number of rotatable bonds is 10. The number of carboxylic acids is 1. The summed E-state index contributed by atoms with van der Waals surface area (Å²) in [5.74, 6) is -0.769. The lowest BCUT2D eigenvalue weighted by Crippen LogP contribution is -2.42. The highest BCUT2D eigenvalue weighted by Crippen LogP contribution is 2.23. The van der Waals surface area contributed by atoms with Crippen LogP contribution in [0.5, 0.6) is 0 Å². The van der Waals surface area contributed by atoms with Crippen molar-refractivity contribution in [3.63, 3.8) is 0 Å². The van der Waals surface area contributed by atoms with Gasteiger partial charge in [0.2, 0.25) is 5.91 Å². The summed E-state index contributed by atoms with van der Waals surface area (Å²) in [7, 11) is 0. The van der Waals surface area contributed by atoms with Crippen LogP contribution in [0.3, 0.4) is 0 Å². The van der Waals surface area contributed by atoms with Crippen molar-refractivity contribution in [2.45, 2.75) is 65.5 Å². The molecular weight excluding hydrogens is 328 g/mol. The minimum Gasteiger partial charge on any atom is -0.480 e. The molecule has 0 aliphatic carbocycles. The van der Waals surface area contributed by atoms with Crippen molar-refractivity contribution in [1.82, 2.24) is 9.88 Å². The summed E-state index contributed by atoms with van der Waals surface area (Å²) in [5.41, 5.74) is 2.08. The number of hydrogen-bond acceptors (Lipinski definition) is 2. The number of aliphatic carboxylic acids is 1. The molecule has 2 rings (SSSR count). The van der Waals surface area contributed by atoms with Crippen LogP contribution in [0.4, 0.5) is 0 Å². The molecule has 0 saturated carbocycles. The van der Waals surface area contributed by atoms with Crippen LogP contribution in [0.1, 0.15) is 52.0 Å². The van der Waals surface area contributed by atoms with Crippen LogP contribution in [-0.2, 0) is 22.6 Å². The van der Waals surface area contributed by atoms with Crippen molar-refractivity contribution >= 4 is 22.8 Å². The lowest BCUT2D eigenvalue weighted by molar-refractivity contribution is -0.141. The molecule has 26 heavy (non-hydrogen) atoms. The molecule has 0 radical (unpaired) electrons. The van der Waals surface area contributed by atoms with Crippen molar-refractivity contribution in [1.29, 1.82) is 0 Å². The molecule has 5 heteroatoms. The SMILES string of the molecule is CCCCn1cc(CC(NC(=O)CCC(C)C)C(=O)O)c2ccccc21. The first-order chi connectivity index (χ1) is 12.4. The number of carbonyl (C=O) groups is 2. The molecule has 2 aromatic rings. The van der Waals surface area contributed by atoms with E-state index in [1.165, 1.54) is 0 Å². The summed E-state index contributed by atoms with van der Waals surface area (Å²) in [4.78, 5) is 23.8. The molecule has 1 heterocycles. The Morgan fingerprint density at radius 1 is 1.23 bits per heavy atom. The molecule has 0 fully saturated rings. The number of fused-ring (bicyclic) bond motifs is 1. The number of aryl methyl sites for hydroxylation is 1. The maximum Gasteiger partial charge on any atom is 0.326 e. The molecule has 0 aliphatic rings. The predicted molar refractivity (Wildman–Crippen MR) is 104 cm³/mol. The van der Waals surface area contributed by atoms with Gasteiger partial charge in [0.25, 0.3) is 0 Å². The summed E-state index contributed by atoms with van der Waals surface area (Å²) in [6, 6.07) is 7.14. The lowest BCUT2D eigenvalue weighted by atomic mass is 10.0. The molecule has 1 aromatic carbocycles. The Labute approximate surface area is 155 Å². The van der Waals surface area contributed by atoms with Crippen LogP contribution in [0.25, 0.3) is 10.9 Å². The molecule has 1 atom stereocenters. The lowest BCUT2D eigenvalue weighted by Gasteiger charge is -2.15. The van der Waals surface area contributed by atoms with Gasteiger partial charge in [0, 0.05) is 36.5 Å². The predicted octanol–water partition coefficient (Wildman–Crippen LogP) is 3.99. The van der Waals surface area contributed by atoms with Gasteiger partial charge in [-0.05, 0) is 30.4 Å². The van der Waals surface area contributed by atoms with Gasteiger partial charge in [0.05, 0.1) is 0 Å². The average Bonchev–Trinajstić information content (AvgIpc) is 2.95. The number of aromatic nitrogens is 1. The van der Waals surface area contributed by atoms with Crippen molar-refractivity contribution < 1.29 is 14.7 Å². The van der Waals surface area contributed by atoms with E-state index in [0.717, 1.165) is 42.3 Å². The number of unbranched alkanes of at least 4 members (excludes halogenated alkanes) is 1. The Hall–Kier alpha value is -2.30. The van der Waals surface area contributed by atoms with Crippen molar-refractivity contribution in [2.75, 3.05) is 0 Å². The molecule has 1 aromatic heterocycles. The van der Waals surface area contributed by atoms with E-state index in [1.807, 2.05) is 38.2 Å². The quantitative estimate of drug-likeness (QED) is 0.674. The molecule has 2 N–H and O–H groups in total. The Bertz CT molecular complexity index is 749. The third kappa shape index (κ3) is 5.35. The first kappa shape index (κ1) is 20.0. The average molecular weight is 358 g/mol. The Balaban J connectivity index is 2.18. The van der Waals surface area contributed by atoms with Gasteiger partial charge in [0.15, 0.2) is 0 Å². The Morgan fingerprint density at radius 2 is 1.96 bits per heavy atom.